The summed E-state index contributed by atoms with van der Waals surface area (Å²) >= 11 is 0. The number of carbonyl (C=O) groups excluding carboxylic acids is 1. The van der Waals surface area contributed by atoms with Crippen molar-refractivity contribution in [2.24, 2.45) is 11.8 Å². The van der Waals surface area contributed by atoms with Crippen LogP contribution in [-0.2, 0) is 6.42 Å². The summed E-state index contributed by atoms with van der Waals surface area (Å²) in [6.45, 7) is 0.993. The fourth-order valence-electron chi connectivity index (χ4n) is 3.21. The highest BCUT2D eigenvalue weighted by Crippen LogP contribution is 2.44. The molecule has 1 aromatic carbocycles. The van der Waals surface area contributed by atoms with Gasteiger partial charge in [-0.15, -0.1) is 12.4 Å². The Bertz CT molecular complexity index is 511. The summed E-state index contributed by atoms with van der Waals surface area (Å²) in [6.07, 6.45) is 6.24. The zero-order chi connectivity index (χ0) is 12.8. The quantitative estimate of drug-likeness (QED) is 0.896. The molecule has 2 fully saturated rings. The van der Waals surface area contributed by atoms with Gasteiger partial charge in [0.1, 0.15) is 0 Å². The number of rotatable bonds is 4. The Balaban J connectivity index is 0.00000121. The predicted octanol–water partition coefficient (Wildman–Crippen LogP) is 2.99. The lowest BCUT2D eigenvalue weighted by Crippen LogP contribution is -2.38. The normalized spacial score (nSPS) is 20.1. The fraction of sp³-hybridized carbons (Fsp3) is 0.562. The van der Waals surface area contributed by atoms with Crippen LogP contribution in [0.5, 0.6) is 0 Å². The van der Waals surface area contributed by atoms with Gasteiger partial charge in [-0.25, -0.2) is 0 Å². The molecule has 3 aliphatic rings. The molecule has 1 heterocycles. The van der Waals surface area contributed by atoms with Crippen molar-refractivity contribution in [3.8, 4) is 0 Å². The number of nitrogens with one attached hydrogen (secondary N) is 2. The summed E-state index contributed by atoms with van der Waals surface area (Å²) in [5, 5.41) is 6.62. The fourth-order valence-corrected chi connectivity index (χ4v) is 3.21. The van der Waals surface area contributed by atoms with Crippen LogP contribution in [0.15, 0.2) is 18.2 Å². The maximum absolute atomic E-state index is 12.4. The maximum atomic E-state index is 12.4. The zero-order valence-corrected chi connectivity index (χ0v) is 12.3. The van der Waals surface area contributed by atoms with Crippen LogP contribution in [0, 0.1) is 11.8 Å². The monoisotopic (exact) mass is 292 g/mol. The molecule has 0 bridgehead atoms. The third kappa shape index (κ3) is 2.64. The molecule has 20 heavy (non-hydrogen) atoms. The summed E-state index contributed by atoms with van der Waals surface area (Å²) in [7, 11) is 0. The van der Waals surface area contributed by atoms with Gasteiger partial charge in [0.2, 0.25) is 0 Å². The highest BCUT2D eigenvalue weighted by atomic mass is 35.5. The summed E-state index contributed by atoms with van der Waals surface area (Å²) in [4.78, 5) is 12.4. The highest BCUT2D eigenvalue weighted by molar-refractivity contribution is 5.95. The summed E-state index contributed by atoms with van der Waals surface area (Å²) in [5.74, 6) is 1.64. The van der Waals surface area contributed by atoms with Crippen molar-refractivity contribution in [2.45, 2.75) is 38.1 Å². The van der Waals surface area contributed by atoms with Gasteiger partial charge >= 0.3 is 0 Å². The Kier molecular flexibility index (Phi) is 3.63. The van der Waals surface area contributed by atoms with E-state index in [4.69, 9.17) is 0 Å². The Labute approximate surface area is 125 Å². The molecule has 4 heteroatoms. The highest BCUT2D eigenvalue weighted by Gasteiger charge is 2.42. The maximum Gasteiger partial charge on any atom is 0.251 e. The molecule has 4 rings (SSSR count). The SMILES string of the molecule is Cl.O=C(NC(C1CC1)C1CC1)c1ccc2c(c1)CCN2. The van der Waals surface area contributed by atoms with E-state index in [0.29, 0.717) is 6.04 Å². The van der Waals surface area contributed by atoms with Gasteiger partial charge in [-0.1, -0.05) is 0 Å². The van der Waals surface area contributed by atoms with Gasteiger partial charge in [0.05, 0.1) is 0 Å². The van der Waals surface area contributed by atoms with Crippen LogP contribution in [0.1, 0.15) is 41.6 Å². The number of anilines is 1. The topological polar surface area (TPSA) is 41.1 Å². The van der Waals surface area contributed by atoms with E-state index < -0.39 is 0 Å². The number of hydrogen-bond donors (Lipinski definition) is 2. The van der Waals surface area contributed by atoms with Crippen molar-refractivity contribution in [3.05, 3.63) is 29.3 Å². The van der Waals surface area contributed by atoms with Crippen molar-refractivity contribution in [3.63, 3.8) is 0 Å². The van der Waals surface area contributed by atoms with Crippen molar-refractivity contribution in [1.82, 2.24) is 5.32 Å². The summed E-state index contributed by atoms with van der Waals surface area (Å²) in [6, 6.07) is 6.49. The second-order valence-electron chi connectivity index (χ2n) is 6.22. The van der Waals surface area contributed by atoms with Crippen LogP contribution in [-0.4, -0.2) is 18.5 Å². The molecule has 0 atom stereocenters. The molecule has 0 spiro atoms. The van der Waals surface area contributed by atoms with Crippen molar-refractivity contribution >= 4 is 24.0 Å². The Hall–Kier alpha value is -1.22. The van der Waals surface area contributed by atoms with Gasteiger partial charge < -0.3 is 10.6 Å². The summed E-state index contributed by atoms with van der Waals surface area (Å²) in [5.41, 5.74) is 3.30. The molecule has 0 unspecified atom stereocenters. The van der Waals surface area contributed by atoms with E-state index in [1.165, 1.54) is 36.9 Å². The molecule has 1 aliphatic heterocycles. The largest absolute Gasteiger partial charge is 0.384 e. The lowest BCUT2D eigenvalue weighted by atomic mass is 10.0. The minimum Gasteiger partial charge on any atom is -0.384 e. The molecule has 1 aromatic rings. The molecule has 2 saturated carbocycles. The number of halogens is 1. The first kappa shape index (κ1) is 13.7. The molecule has 2 aliphatic carbocycles. The van der Waals surface area contributed by atoms with Crippen LogP contribution in [0.2, 0.25) is 0 Å². The molecule has 3 nitrogen and oxygen atoms in total. The molecule has 0 aromatic heterocycles. The van der Waals surface area contributed by atoms with Gasteiger partial charge in [-0.2, -0.15) is 0 Å². The number of benzene rings is 1. The molecule has 1 amide bonds. The van der Waals surface area contributed by atoms with E-state index in [1.54, 1.807) is 0 Å². The average Bonchev–Trinajstić information content (AvgIpc) is 3.33. The molecule has 0 saturated heterocycles. The van der Waals surface area contributed by atoms with Gasteiger partial charge in [0, 0.05) is 23.8 Å². The summed E-state index contributed by atoms with van der Waals surface area (Å²) < 4.78 is 0. The minimum absolute atomic E-state index is 0. The second-order valence-corrected chi connectivity index (χ2v) is 6.22. The van der Waals surface area contributed by atoms with E-state index in [9.17, 15) is 4.79 Å². The Morgan fingerprint density at radius 2 is 1.90 bits per heavy atom. The first-order valence-electron chi connectivity index (χ1n) is 7.49. The molecule has 108 valence electrons. The van der Waals surface area contributed by atoms with Crippen molar-refractivity contribution in [1.29, 1.82) is 0 Å². The van der Waals surface area contributed by atoms with Crippen LogP contribution >= 0.6 is 12.4 Å². The van der Waals surface area contributed by atoms with Gasteiger partial charge in [-0.05, 0) is 67.7 Å². The van der Waals surface area contributed by atoms with E-state index in [0.717, 1.165) is 30.4 Å². The van der Waals surface area contributed by atoms with Crippen LogP contribution in [0.3, 0.4) is 0 Å². The Morgan fingerprint density at radius 1 is 1.20 bits per heavy atom. The first-order valence-corrected chi connectivity index (χ1v) is 7.49. The second kappa shape index (κ2) is 5.28. The first-order chi connectivity index (χ1) is 9.31. The van der Waals surface area contributed by atoms with E-state index in [2.05, 4.69) is 16.7 Å². The molecular weight excluding hydrogens is 272 g/mol. The third-order valence-electron chi connectivity index (χ3n) is 4.63. The van der Waals surface area contributed by atoms with Gasteiger partial charge in [0.25, 0.3) is 5.91 Å². The van der Waals surface area contributed by atoms with E-state index in [1.807, 2.05) is 12.1 Å². The van der Waals surface area contributed by atoms with Gasteiger partial charge in [-0.3, -0.25) is 4.79 Å². The Morgan fingerprint density at radius 3 is 2.55 bits per heavy atom. The zero-order valence-electron chi connectivity index (χ0n) is 11.5. The minimum atomic E-state index is 0. The van der Waals surface area contributed by atoms with Crippen LogP contribution < -0.4 is 10.6 Å². The smallest absolute Gasteiger partial charge is 0.251 e. The van der Waals surface area contributed by atoms with Crippen LogP contribution in [0.25, 0.3) is 0 Å². The predicted molar refractivity (Wildman–Crippen MR) is 82.6 cm³/mol. The van der Waals surface area contributed by atoms with Crippen molar-refractivity contribution < 1.29 is 4.79 Å². The lowest BCUT2D eigenvalue weighted by molar-refractivity contribution is 0.0926. The van der Waals surface area contributed by atoms with E-state index in [-0.39, 0.29) is 18.3 Å². The molecular formula is C16H21ClN2O. The standard InChI is InChI=1S/C16H20N2O.ClH/c19-16(18-15(10-1-2-10)11-3-4-11)13-5-6-14-12(9-13)7-8-17-14;/h5-6,9-11,15,17H,1-4,7-8H2,(H,18,19);1H. The third-order valence-corrected chi connectivity index (χ3v) is 4.63. The van der Waals surface area contributed by atoms with E-state index >= 15 is 0 Å². The lowest BCUT2D eigenvalue weighted by Gasteiger charge is -2.18. The van der Waals surface area contributed by atoms with Gasteiger partial charge in [0.15, 0.2) is 0 Å². The average molecular weight is 293 g/mol. The van der Waals surface area contributed by atoms with Crippen molar-refractivity contribution in [2.75, 3.05) is 11.9 Å². The number of amides is 1. The number of fused-ring (bicyclic) bond motifs is 1. The number of carbonyl (C=O) groups is 1. The van der Waals surface area contributed by atoms with Crippen LogP contribution in [0.4, 0.5) is 5.69 Å². The molecule has 2 N–H and O–H groups in total. The number of hydrogen-bond acceptors (Lipinski definition) is 2. The molecule has 0 radical (unpaired) electrons.